The lowest BCUT2D eigenvalue weighted by molar-refractivity contribution is -0.283. The van der Waals surface area contributed by atoms with Crippen LogP contribution in [0, 0.1) is 86.8 Å². The summed E-state index contributed by atoms with van der Waals surface area (Å²) in [6.45, 7) is 3.90. The third-order valence-electron chi connectivity index (χ3n) is 26.5. The van der Waals surface area contributed by atoms with Crippen LogP contribution in [0.3, 0.4) is 0 Å². The zero-order valence-electron chi connectivity index (χ0n) is 44.3. The van der Waals surface area contributed by atoms with Crippen LogP contribution in [0.2, 0.25) is 0 Å². The number of carbonyl (C=O) groups is 2. The molecule has 8 nitrogen and oxygen atoms in total. The summed E-state index contributed by atoms with van der Waals surface area (Å²) in [5, 5.41) is 14.0. The lowest BCUT2D eigenvalue weighted by Crippen LogP contribution is -2.78. The predicted octanol–water partition coefficient (Wildman–Crippen LogP) is 12.6. The van der Waals surface area contributed by atoms with Crippen LogP contribution in [0.15, 0.2) is 76.4 Å². The molecule has 1 unspecified atom stereocenters. The molecule has 15 atom stereocenters. The molecule has 9 heterocycles. The van der Waals surface area contributed by atoms with Crippen LogP contribution in [0.25, 0.3) is 0 Å². The minimum atomic E-state index is -1.15. The van der Waals surface area contributed by atoms with E-state index in [1.54, 1.807) is 16.8 Å². The van der Waals surface area contributed by atoms with Gasteiger partial charge in [0.1, 0.15) is 11.2 Å². The molecule has 5 saturated carbocycles. The van der Waals surface area contributed by atoms with Crippen molar-refractivity contribution in [2.24, 2.45) is 92.5 Å². The van der Waals surface area contributed by atoms with E-state index in [9.17, 15) is 5.11 Å². The Labute approximate surface area is 440 Å². The number of fused-ring (bicyclic) bond motifs is 5. The van der Waals surface area contributed by atoms with Crippen LogP contribution in [-0.4, -0.2) is 65.1 Å². The fraction of sp³-hybridized carbons (Fsp3) is 0.727. The normalized spacial score (nSPS) is 46.9. The van der Waals surface area contributed by atoms with Gasteiger partial charge in [0.05, 0.1) is 11.0 Å². The SMILES string of the molecule is NCCCc1cccc2c1C(=O)O[C@@]21[C@H]2C[C@H](C3CCCCC3)/C=C\[C@@H]3C4=C5CC[C@]16/C(=C(\O)C[C@H](C1CC7(CCCC7)C7(CCCC7)C1)N1C[C@H]7C[C@@H](C1)[C@@H]1CCC8=C([C@@H]5[C@H]5[C@@H](CC=C[C@H]53)C8)N1C7)OC(=O)[C@]426. The highest BCUT2D eigenvalue weighted by molar-refractivity contribution is 6.00. The van der Waals surface area contributed by atoms with Crippen molar-refractivity contribution in [3.8, 4) is 0 Å². The highest BCUT2D eigenvalue weighted by Gasteiger charge is 2.94. The maximum atomic E-state index is 16.8. The Hall–Kier alpha value is -3.62. The summed E-state index contributed by atoms with van der Waals surface area (Å²) in [5.41, 5.74) is 12.8. The number of hydrogen-bond donors (Lipinski definition) is 2. The molecule has 3 saturated heterocycles. The molecule has 392 valence electrons. The first-order valence-corrected chi connectivity index (χ1v) is 31.3. The topological polar surface area (TPSA) is 105 Å². The number of rotatable bonds is 5. The molecule has 5 spiro atoms. The second-order valence-electron chi connectivity index (χ2n) is 28.7. The first-order valence-electron chi connectivity index (χ1n) is 31.3. The molecule has 12 bridgehead atoms. The largest absolute Gasteiger partial charge is 0.509 e. The number of esters is 2. The summed E-state index contributed by atoms with van der Waals surface area (Å²) in [7, 11) is 0. The number of carbonyl (C=O) groups excluding carboxylic acids is 2. The van der Waals surface area contributed by atoms with Gasteiger partial charge in [0, 0.05) is 67.2 Å². The first-order chi connectivity index (χ1) is 36.2. The van der Waals surface area contributed by atoms with Gasteiger partial charge in [-0.2, -0.15) is 0 Å². The molecule has 19 aliphatic rings. The van der Waals surface area contributed by atoms with Crippen LogP contribution in [-0.2, 0) is 26.3 Å². The predicted molar refractivity (Wildman–Crippen MR) is 284 cm³/mol. The van der Waals surface area contributed by atoms with Crippen molar-refractivity contribution in [1.82, 2.24) is 9.80 Å². The summed E-state index contributed by atoms with van der Waals surface area (Å²) < 4.78 is 14.9. The second kappa shape index (κ2) is 15.8. The molecule has 1 aromatic rings. The van der Waals surface area contributed by atoms with E-state index in [-0.39, 0.29) is 47.6 Å². The molecule has 8 fully saturated rings. The van der Waals surface area contributed by atoms with E-state index in [2.05, 4.69) is 52.3 Å². The Balaban J connectivity index is 0.940. The van der Waals surface area contributed by atoms with Crippen molar-refractivity contribution < 1.29 is 24.2 Å². The Kier molecular flexibility index (Phi) is 9.68. The highest BCUT2D eigenvalue weighted by atomic mass is 16.6. The van der Waals surface area contributed by atoms with Gasteiger partial charge in [0.2, 0.25) is 0 Å². The molecule has 8 heteroatoms. The van der Waals surface area contributed by atoms with E-state index >= 15 is 9.59 Å². The van der Waals surface area contributed by atoms with Crippen LogP contribution < -0.4 is 5.73 Å². The van der Waals surface area contributed by atoms with Gasteiger partial charge in [-0.15, -0.1) is 0 Å². The van der Waals surface area contributed by atoms with E-state index in [1.165, 1.54) is 128 Å². The average molecular weight is 998 g/mol. The lowest BCUT2D eigenvalue weighted by atomic mass is 9.27. The van der Waals surface area contributed by atoms with Gasteiger partial charge in [0.25, 0.3) is 0 Å². The van der Waals surface area contributed by atoms with Gasteiger partial charge in [-0.1, -0.05) is 98.6 Å². The number of aliphatic hydroxyl groups excluding tert-OH is 1. The molecular formula is C66H83N3O5. The minimum absolute atomic E-state index is 0.0550. The molecule has 1 aromatic carbocycles. The molecule has 20 rings (SSSR count). The van der Waals surface area contributed by atoms with Gasteiger partial charge >= 0.3 is 11.9 Å². The van der Waals surface area contributed by atoms with Crippen molar-refractivity contribution in [1.29, 1.82) is 0 Å². The Morgan fingerprint density at radius 1 is 0.784 bits per heavy atom. The quantitative estimate of drug-likeness (QED) is 0.222. The second-order valence-corrected chi connectivity index (χ2v) is 28.7. The molecule has 74 heavy (non-hydrogen) atoms. The van der Waals surface area contributed by atoms with Gasteiger partial charge in [0.15, 0.2) is 11.4 Å². The van der Waals surface area contributed by atoms with E-state index in [0.29, 0.717) is 95.3 Å². The number of nitrogens with zero attached hydrogens (tertiary/aromatic N) is 2. The molecule has 0 amide bonds. The molecule has 3 N–H and O–H groups in total. The fourth-order valence-electron chi connectivity index (χ4n) is 24.4. The number of nitrogens with two attached hydrogens (primary N) is 1. The number of ether oxygens (including phenoxy) is 2. The Morgan fingerprint density at radius 2 is 1.59 bits per heavy atom. The van der Waals surface area contributed by atoms with Crippen molar-refractivity contribution in [2.45, 2.75) is 185 Å². The summed E-state index contributed by atoms with van der Waals surface area (Å²) in [6, 6.07) is 7.21. The standard InChI is InChI=1S/C66H83N3O5/c67-28-10-15-40-13-9-17-49-55(40)60(71)74-66(49)53-31-41(39-11-2-1-3-12-39)18-20-47-46-16-8-14-42-30-43-19-21-50-44-29-38-35-68(37-44)51(45-33-62(23-4-5-24-62)63(34-45)25-6-7-26-63)32-52(70)59-64(66)27-22-48(57(47)65(53,64)61(72)73-59)56(54(42)46)58(43)69(50)36-38/h8-9,13,16-18,20,38-39,41-42,44-47,50-51,53-54,56,70H,1-7,10-12,14-15,19,21-37,67H2/b20-18-,59-52+/t38-,41-,42+,44+,46+,47+,50+,51-,53+,54+,56+,64-,65-,66-/m1/s1. The van der Waals surface area contributed by atoms with Crippen molar-refractivity contribution in [3.63, 3.8) is 0 Å². The van der Waals surface area contributed by atoms with Crippen molar-refractivity contribution >= 4 is 11.9 Å². The van der Waals surface area contributed by atoms with Crippen molar-refractivity contribution in [3.05, 3.63) is 93.1 Å². The van der Waals surface area contributed by atoms with Gasteiger partial charge in [-0.25, -0.2) is 4.79 Å². The van der Waals surface area contributed by atoms with Gasteiger partial charge in [-0.3, -0.25) is 9.69 Å². The number of allylic oxidation sites excluding steroid dienone is 6. The van der Waals surface area contributed by atoms with Crippen LogP contribution in [0.4, 0.5) is 0 Å². The molecule has 10 aliphatic carbocycles. The molecule has 0 radical (unpaired) electrons. The zero-order valence-corrected chi connectivity index (χ0v) is 44.3. The van der Waals surface area contributed by atoms with Crippen LogP contribution in [0.1, 0.15) is 182 Å². The lowest BCUT2D eigenvalue weighted by Gasteiger charge is -2.73. The summed E-state index contributed by atoms with van der Waals surface area (Å²) in [4.78, 5) is 38.2. The fourth-order valence-corrected chi connectivity index (χ4v) is 24.4. The maximum absolute atomic E-state index is 16.8. The third-order valence-corrected chi connectivity index (χ3v) is 26.5. The van der Waals surface area contributed by atoms with Crippen molar-refractivity contribution in [2.75, 3.05) is 26.2 Å². The van der Waals surface area contributed by atoms with E-state index in [4.69, 9.17) is 15.2 Å². The number of aryl methyl sites for hydroxylation is 1. The summed E-state index contributed by atoms with van der Waals surface area (Å²) in [5.74, 6) is 4.29. The monoisotopic (exact) mass is 998 g/mol. The smallest absolute Gasteiger partial charge is 0.339 e. The van der Waals surface area contributed by atoms with E-state index in [0.717, 1.165) is 56.4 Å². The number of aliphatic hydroxyl groups is 1. The Morgan fingerprint density at radius 3 is 2.39 bits per heavy atom. The Bertz CT molecular complexity index is 2760. The number of hydrogen-bond acceptors (Lipinski definition) is 8. The highest BCUT2D eigenvalue weighted by Crippen LogP contribution is 2.89. The van der Waals surface area contributed by atoms with E-state index in [1.807, 2.05) is 0 Å². The average Bonchev–Trinajstić information content (AvgIpc) is 4.31. The zero-order chi connectivity index (χ0) is 49.1. The minimum Gasteiger partial charge on any atom is -0.509 e. The van der Waals surface area contributed by atoms with Gasteiger partial charge in [-0.05, 0) is 191 Å². The van der Waals surface area contributed by atoms with Crippen LogP contribution in [0.5, 0.6) is 0 Å². The first kappa shape index (κ1) is 45.4. The maximum Gasteiger partial charge on any atom is 0.339 e. The third kappa shape index (κ3) is 5.37. The summed E-state index contributed by atoms with van der Waals surface area (Å²) >= 11 is 0. The van der Waals surface area contributed by atoms with Crippen LogP contribution >= 0.6 is 0 Å². The molecule has 0 aromatic heterocycles. The molecule has 9 aliphatic heterocycles. The number of piperidine rings is 2. The van der Waals surface area contributed by atoms with E-state index < -0.39 is 16.4 Å². The summed E-state index contributed by atoms with van der Waals surface area (Å²) in [6.07, 6.45) is 40.7. The number of benzene rings is 1. The molecular weight excluding hydrogens is 915 g/mol. The van der Waals surface area contributed by atoms with Gasteiger partial charge < -0.3 is 25.2 Å².